The summed E-state index contributed by atoms with van der Waals surface area (Å²) in [5.41, 5.74) is 0. The van der Waals surface area contributed by atoms with Crippen LogP contribution in [0.15, 0.2) is 0 Å². The molecule has 0 saturated carbocycles. The van der Waals surface area contributed by atoms with Crippen molar-refractivity contribution in [2.45, 2.75) is 17.0 Å². The normalized spacial score (nSPS) is 29.1. The van der Waals surface area contributed by atoms with E-state index in [0.717, 1.165) is 13.0 Å². The first-order valence-electron chi connectivity index (χ1n) is 2.61. The van der Waals surface area contributed by atoms with Gasteiger partial charge in [0.2, 0.25) is 0 Å². The molecule has 1 saturated heterocycles. The van der Waals surface area contributed by atoms with Crippen LogP contribution in [0.5, 0.6) is 0 Å². The van der Waals surface area contributed by atoms with Crippen molar-refractivity contribution in [2.75, 3.05) is 6.61 Å². The zero-order valence-corrected chi connectivity index (χ0v) is 11.2. The van der Waals surface area contributed by atoms with Gasteiger partial charge in [-0.1, -0.05) is 0 Å². The van der Waals surface area contributed by atoms with Crippen LogP contribution in [0.3, 0.4) is 0 Å². The summed E-state index contributed by atoms with van der Waals surface area (Å²) in [6, 6.07) is 0. The molecule has 1 N–H and O–H groups in total. The number of rotatable bonds is 2. The van der Waals surface area contributed by atoms with Gasteiger partial charge in [0, 0.05) is 0 Å². The third-order valence-electron chi connectivity index (χ3n) is 1.13. The molecule has 1 fully saturated rings. The zero-order chi connectivity index (χ0) is 6.69. The average Bonchev–Trinajstić information content (AvgIpc) is 2.37. The van der Waals surface area contributed by atoms with Gasteiger partial charge in [0.05, 0.1) is 0 Å². The fraction of sp³-hybridized carbons (Fsp3) is 1.00. The fourth-order valence-electron chi connectivity index (χ4n) is 0.715. The maximum absolute atomic E-state index is 9.43. The molecule has 0 bridgehead atoms. The summed E-state index contributed by atoms with van der Waals surface area (Å²) >= 11 is 0.925. The van der Waals surface area contributed by atoms with Gasteiger partial charge in [-0.25, -0.2) is 0 Å². The second-order valence-corrected chi connectivity index (χ2v) is 26.4. The van der Waals surface area contributed by atoms with Crippen LogP contribution in [0, 0.1) is 0 Å². The van der Waals surface area contributed by atoms with Crippen molar-refractivity contribution in [1.29, 1.82) is 0 Å². The number of halogens is 3. The monoisotopic (exact) mass is 469 g/mol. The number of hydrogen-bond acceptors (Lipinski definition) is 2. The third kappa shape index (κ3) is 2.91. The van der Waals surface area contributed by atoms with Crippen LogP contribution < -0.4 is 13.3 Å². The molecule has 0 aromatic heterocycles. The van der Waals surface area contributed by atoms with E-state index in [4.69, 9.17) is 4.74 Å². The molecule has 0 aromatic carbocycles. The number of hydrogen-bond donors (Lipinski definition) is 1. The molecule has 1 heterocycles. The van der Waals surface area contributed by atoms with Gasteiger partial charge >= 0.3 is 79.9 Å². The first-order chi connectivity index (χ1) is 4.34. The first-order valence-corrected chi connectivity index (χ1v) is 17.4. The Labute approximate surface area is 78.5 Å². The van der Waals surface area contributed by atoms with Gasteiger partial charge in [0.25, 0.3) is 0 Å². The molecule has 1 aliphatic heterocycles. The molecular weight excluding hydrogens is 461 g/mol. The van der Waals surface area contributed by atoms with Crippen LogP contribution in [0.2, 0.25) is 0 Å². The second kappa shape index (κ2) is 4.88. The summed E-state index contributed by atoms with van der Waals surface area (Å²) in [6.45, 7) is 0.888. The quantitative estimate of drug-likeness (QED) is 0.411. The molecule has 2 nitrogen and oxygen atoms in total. The van der Waals surface area contributed by atoms with E-state index in [1.54, 1.807) is 0 Å². The fourth-order valence-corrected chi connectivity index (χ4v) is 15.2. The van der Waals surface area contributed by atoms with Crippen LogP contribution in [-0.4, -0.2) is 14.2 Å². The van der Waals surface area contributed by atoms with Crippen LogP contribution in [-0.2, 0) is 4.74 Å². The Morgan fingerprint density at radius 1 is 1.78 bits per heavy atom. The minimum absolute atomic E-state index is 0.0889. The topological polar surface area (TPSA) is 29.5 Å². The molecule has 1 aliphatic rings. The Morgan fingerprint density at radius 3 is 3.00 bits per heavy atom. The Morgan fingerprint density at radius 2 is 2.56 bits per heavy atom. The Kier molecular flexibility index (Phi) is 4.99. The van der Waals surface area contributed by atoms with Gasteiger partial charge in [-0.3, -0.25) is 0 Å². The molecule has 9 heavy (non-hydrogen) atoms. The van der Waals surface area contributed by atoms with E-state index in [1.807, 2.05) is 0 Å². The van der Waals surface area contributed by atoms with E-state index in [2.05, 4.69) is 18.6 Å². The van der Waals surface area contributed by atoms with Crippen LogP contribution in [0.1, 0.15) is 12.8 Å². The summed E-state index contributed by atoms with van der Waals surface area (Å²) in [7, 11) is 0. The molecule has 5 heteroatoms. The molecule has 0 spiro atoms. The van der Waals surface area contributed by atoms with Crippen molar-refractivity contribution in [2.24, 2.45) is 0 Å². The van der Waals surface area contributed by atoms with Crippen molar-refractivity contribution < 1.29 is 21.4 Å². The van der Waals surface area contributed by atoms with Gasteiger partial charge in [-0.15, -0.1) is 0 Å². The standard InChI is InChI=1S/C4H8I3O2/c5-6-7(8)4-2-1-3-9-4/h4,8H,1-3H2/q-1. The van der Waals surface area contributed by atoms with Gasteiger partial charge < -0.3 is 0 Å². The molecule has 1 unspecified atom stereocenters. The molecule has 58 valence electrons. The molecule has 1 atom stereocenters. The van der Waals surface area contributed by atoms with Crippen molar-refractivity contribution in [3.8, 4) is 0 Å². The van der Waals surface area contributed by atoms with Gasteiger partial charge in [0.1, 0.15) is 0 Å². The SMILES string of the molecule is OI([I-]I)C1CCCO1. The average molecular weight is 469 g/mol. The van der Waals surface area contributed by atoms with Gasteiger partial charge in [0.15, 0.2) is 0 Å². The van der Waals surface area contributed by atoms with Crippen LogP contribution >= 0.6 is 34.9 Å². The van der Waals surface area contributed by atoms with Crippen LogP contribution in [0.25, 0.3) is 0 Å². The van der Waals surface area contributed by atoms with Crippen molar-refractivity contribution >= 4 is 34.9 Å². The van der Waals surface area contributed by atoms with E-state index in [0.29, 0.717) is 4.11 Å². The summed E-state index contributed by atoms with van der Waals surface area (Å²) in [5.74, 6) is 0. The van der Waals surface area contributed by atoms with Gasteiger partial charge in [-0.2, -0.15) is 0 Å². The predicted octanol–water partition coefficient (Wildman–Crippen LogP) is -1.11. The molecule has 0 amide bonds. The van der Waals surface area contributed by atoms with E-state index >= 15 is 0 Å². The van der Waals surface area contributed by atoms with E-state index < -0.39 is 16.3 Å². The Balaban J connectivity index is 2.24. The predicted molar refractivity (Wildman–Crippen MR) is 49.2 cm³/mol. The van der Waals surface area contributed by atoms with Crippen molar-refractivity contribution in [1.82, 2.24) is 0 Å². The zero-order valence-electron chi connectivity index (χ0n) is 4.69. The Hall–Kier alpha value is 2.11. The van der Waals surface area contributed by atoms with Crippen molar-refractivity contribution in [3.05, 3.63) is 0 Å². The summed E-state index contributed by atoms with van der Waals surface area (Å²) in [6.07, 6.45) is 2.30. The molecule has 0 aliphatic carbocycles. The summed E-state index contributed by atoms with van der Waals surface area (Å²) in [4.78, 5) is 0. The van der Waals surface area contributed by atoms with Crippen LogP contribution in [0.4, 0.5) is 0 Å². The third-order valence-corrected chi connectivity index (χ3v) is 23.4. The number of ether oxygens (including phenoxy) is 1. The molecule has 0 aromatic rings. The maximum atomic E-state index is 9.43. The van der Waals surface area contributed by atoms with E-state index in [1.165, 1.54) is 6.42 Å². The minimum atomic E-state index is -1.52. The molecule has 0 radical (unpaired) electrons. The summed E-state index contributed by atoms with van der Waals surface area (Å²) < 4.78 is 15.1. The number of alkyl halides is 1. The van der Waals surface area contributed by atoms with Crippen molar-refractivity contribution in [3.63, 3.8) is 0 Å². The van der Waals surface area contributed by atoms with Gasteiger partial charge in [-0.05, 0) is 0 Å². The van der Waals surface area contributed by atoms with E-state index in [9.17, 15) is 3.44 Å². The molecule has 1 rings (SSSR count). The van der Waals surface area contributed by atoms with E-state index in [-0.39, 0.29) is 13.3 Å². The molecular formula is C4H8I3O2-. The first kappa shape index (κ1) is 9.20. The second-order valence-electron chi connectivity index (χ2n) is 1.72. The summed E-state index contributed by atoms with van der Waals surface area (Å²) in [5, 5.41) is 0. The Bertz CT molecular complexity index is 83.9.